The number of benzene rings is 1. The fraction of sp³-hybridized carbons (Fsp3) is 0.524. The van der Waals surface area contributed by atoms with Gasteiger partial charge in [0.1, 0.15) is 5.76 Å². The Bertz CT molecular complexity index is 743. The van der Waals surface area contributed by atoms with E-state index in [0.717, 1.165) is 31.2 Å². The Morgan fingerprint density at radius 3 is 2.54 bits per heavy atom. The van der Waals surface area contributed by atoms with Crippen LogP contribution in [0.15, 0.2) is 28.7 Å². The van der Waals surface area contributed by atoms with Crippen molar-refractivity contribution in [1.29, 1.82) is 0 Å². The zero-order chi connectivity index (χ0) is 18.6. The first kappa shape index (κ1) is 18.6. The van der Waals surface area contributed by atoms with Gasteiger partial charge in [0.25, 0.3) is 0 Å². The van der Waals surface area contributed by atoms with Gasteiger partial charge in [0.15, 0.2) is 0 Å². The molecule has 0 unspecified atom stereocenters. The third-order valence-electron chi connectivity index (χ3n) is 5.43. The van der Waals surface area contributed by atoms with Crippen LogP contribution in [0.1, 0.15) is 49.1 Å². The molecule has 1 saturated carbocycles. The topological polar surface area (TPSA) is 75.4 Å². The molecule has 2 aromatic rings. The smallest absolute Gasteiger partial charge is 0.226 e. The van der Waals surface area contributed by atoms with Crippen molar-refractivity contribution in [3.05, 3.63) is 41.3 Å². The van der Waals surface area contributed by atoms with Crippen LogP contribution in [-0.2, 0) is 11.2 Å². The van der Waals surface area contributed by atoms with E-state index >= 15 is 0 Å². The maximum atomic E-state index is 12.4. The van der Waals surface area contributed by atoms with Crippen LogP contribution in [0.25, 0.3) is 11.5 Å². The molecule has 2 N–H and O–H groups in total. The summed E-state index contributed by atoms with van der Waals surface area (Å²) in [5.41, 5.74) is 2.60. The van der Waals surface area contributed by atoms with E-state index in [1.54, 1.807) is 0 Å². The Labute approximate surface area is 154 Å². The van der Waals surface area contributed by atoms with E-state index in [0.29, 0.717) is 23.9 Å². The van der Waals surface area contributed by atoms with E-state index in [2.05, 4.69) is 10.3 Å². The third-order valence-corrected chi connectivity index (χ3v) is 5.43. The number of carbonyl (C=O) groups is 1. The van der Waals surface area contributed by atoms with Gasteiger partial charge in [0.2, 0.25) is 11.8 Å². The van der Waals surface area contributed by atoms with Gasteiger partial charge in [-0.1, -0.05) is 37.0 Å². The highest BCUT2D eigenvalue weighted by atomic mass is 16.4. The molecular formula is C21H28N2O3. The third kappa shape index (κ3) is 4.33. The minimum absolute atomic E-state index is 0.0738. The number of nitrogens with zero attached hydrogens (tertiary/aromatic N) is 1. The van der Waals surface area contributed by atoms with Crippen LogP contribution in [0.5, 0.6) is 0 Å². The molecule has 0 aliphatic heterocycles. The molecular weight excluding hydrogens is 328 g/mol. The fourth-order valence-corrected chi connectivity index (χ4v) is 3.60. The summed E-state index contributed by atoms with van der Waals surface area (Å²) >= 11 is 0. The molecule has 5 nitrogen and oxygen atoms in total. The second-order valence-corrected chi connectivity index (χ2v) is 7.56. The lowest BCUT2D eigenvalue weighted by atomic mass is 9.74. The number of hydrogen-bond donors (Lipinski definition) is 2. The van der Waals surface area contributed by atoms with E-state index in [4.69, 9.17) is 4.42 Å². The first-order valence-corrected chi connectivity index (χ1v) is 9.42. The standard InChI is InChI=1S/C21H28N2O3/c1-15-6-8-17(9-7-15)20-23-18(16(2)26-20)12-19(25)22-13-21(14-24)10-4-3-5-11-21/h6-9,24H,3-5,10-14H2,1-2H3,(H,22,25). The number of aryl methyl sites for hydroxylation is 2. The van der Waals surface area contributed by atoms with Crippen molar-refractivity contribution in [3.63, 3.8) is 0 Å². The summed E-state index contributed by atoms with van der Waals surface area (Å²) in [7, 11) is 0. The Hall–Kier alpha value is -2.14. The lowest BCUT2D eigenvalue weighted by Gasteiger charge is -2.35. The number of nitrogens with one attached hydrogen (secondary N) is 1. The van der Waals surface area contributed by atoms with Crippen molar-refractivity contribution in [3.8, 4) is 11.5 Å². The average Bonchev–Trinajstić information content (AvgIpc) is 3.02. The van der Waals surface area contributed by atoms with E-state index in [1.807, 2.05) is 38.1 Å². The molecule has 0 bridgehead atoms. The van der Waals surface area contributed by atoms with Crippen molar-refractivity contribution in [1.82, 2.24) is 10.3 Å². The molecule has 1 aromatic heterocycles. The maximum absolute atomic E-state index is 12.4. The first-order chi connectivity index (χ1) is 12.5. The van der Waals surface area contributed by atoms with Gasteiger partial charge < -0.3 is 14.8 Å². The van der Waals surface area contributed by atoms with Gasteiger partial charge in [0.05, 0.1) is 18.7 Å². The molecule has 0 saturated heterocycles. The highest BCUT2D eigenvalue weighted by Crippen LogP contribution is 2.35. The van der Waals surface area contributed by atoms with E-state index in [-0.39, 0.29) is 24.3 Å². The molecule has 3 rings (SSSR count). The van der Waals surface area contributed by atoms with Crippen molar-refractivity contribution in [2.45, 2.75) is 52.4 Å². The Kier molecular flexibility index (Phi) is 5.77. The van der Waals surface area contributed by atoms with Gasteiger partial charge in [-0.25, -0.2) is 4.98 Å². The highest BCUT2D eigenvalue weighted by Gasteiger charge is 2.31. The Balaban J connectivity index is 1.61. The molecule has 1 fully saturated rings. The molecule has 26 heavy (non-hydrogen) atoms. The van der Waals surface area contributed by atoms with Crippen LogP contribution >= 0.6 is 0 Å². The number of carbonyl (C=O) groups excluding carboxylic acids is 1. The van der Waals surface area contributed by atoms with Gasteiger partial charge in [0, 0.05) is 17.5 Å². The molecule has 1 aromatic carbocycles. The van der Waals surface area contributed by atoms with Crippen molar-refractivity contribution in [2.24, 2.45) is 5.41 Å². The van der Waals surface area contributed by atoms with Crippen LogP contribution in [-0.4, -0.2) is 29.1 Å². The number of aliphatic hydroxyl groups is 1. The predicted octanol–water partition coefficient (Wildman–Crippen LogP) is 3.56. The Morgan fingerprint density at radius 1 is 1.19 bits per heavy atom. The quantitative estimate of drug-likeness (QED) is 0.830. The van der Waals surface area contributed by atoms with Gasteiger partial charge in [-0.3, -0.25) is 4.79 Å². The second kappa shape index (κ2) is 8.04. The highest BCUT2D eigenvalue weighted by molar-refractivity contribution is 5.78. The van der Waals surface area contributed by atoms with Gasteiger partial charge in [-0.2, -0.15) is 0 Å². The minimum atomic E-state index is -0.153. The van der Waals surface area contributed by atoms with Crippen LogP contribution in [0.4, 0.5) is 0 Å². The lowest BCUT2D eigenvalue weighted by molar-refractivity contribution is -0.121. The molecule has 1 aliphatic carbocycles. The van der Waals surface area contributed by atoms with Crippen LogP contribution in [0.2, 0.25) is 0 Å². The summed E-state index contributed by atoms with van der Waals surface area (Å²) in [6, 6.07) is 7.97. The second-order valence-electron chi connectivity index (χ2n) is 7.56. The summed E-state index contributed by atoms with van der Waals surface area (Å²) < 4.78 is 5.75. The number of amides is 1. The monoisotopic (exact) mass is 356 g/mol. The van der Waals surface area contributed by atoms with Crippen LogP contribution < -0.4 is 5.32 Å². The first-order valence-electron chi connectivity index (χ1n) is 9.42. The largest absolute Gasteiger partial charge is 0.441 e. The zero-order valence-corrected chi connectivity index (χ0v) is 15.7. The van der Waals surface area contributed by atoms with E-state index in [9.17, 15) is 9.90 Å². The maximum Gasteiger partial charge on any atom is 0.226 e. The van der Waals surface area contributed by atoms with Crippen LogP contribution in [0.3, 0.4) is 0 Å². The van der Waals surface area contributed by atoms with E-state index in [1.165, 1.54) is 12.0 Å². The normalized spacial score (nSPS) is 16.4. The van der Waals surface area contributed by atoms with Crippen LogP contribution in [0, 0.1) is 19.3 Å². The molecule has 5 heteroatoms. The molecule has 0 radical (unpaired) electrons. The fourth-order valence-electron chi connectivity index (χ4n) is 3.60. The minimum Gasteiger partial charge on any atom is -0.441 e. The van der Waals surface area contributed by atoms with Gasteiger partial charge >= 0.3 is 0 Å². The molecule has 140 valence electrons. The predicted molar refractivity (Wildman–Crippen MR) is 101 cm³/mol. The lowest BCUT2D eigenvalue weighted by Crippen LogP contribution is -2.41. The van der Waals surface area contributed by atoms with Crippen molar-refractivity contribution in [2.75, 3.05) is 13.2 Å². The SMILES string of the molecule is Cc1ccc(-c2nc(CC(=O)NCC3(CO)CCCCC3)c(C)o2)cc1. The summed E-state index contributed by atoms with van der Waals surface area (Å²) in [5, 5.41) is 12.8. The molecule has 1 heterocycles. The average molecular weight is 356 g/mol. The number of oxazole rings is 1. The summed E-state index contributed by atoms with van der Waals surface area (Å²) in [6.45, 7) is 4.54. The summed E-state index contributed by atoms with van der Waals surface area (Å²) in [4.78, 5) is 16.9. The number of hydrogen-bond acceptors (Lipinski definition) is 4. The number of aliphatic hydroxyl groups excluding tert-OH is 1. The van der Waals surface area contributed by atoms with Gasteiger partial charge in [-0.05, 0) is 38.8 Å². The number of rotatable bonds is 6. The molecule has 0 spiro atoms. The summed E-state index contributed by atoms with van der Waals surface area (Å²) in [6.07, 6.45) is 5.62. The van der Waals surface area contributed by atoms with Gasteiger partial charge in [-0.15, -0.1) is 0 Å². The summed E-state index contributed by atoms with van der Waals surface area (Å²) in [5.74, 6) is 1.14. The molecule has 0 atom stereocenters. The number of aromatic nitrogens is 1. The van der Waals surface area contributed by atoms with Crippen molar-refractivity contribution >= 4 is 5.91 Å². The van der Waals surface area contributed by atoms with E-state index < -0.39 is 0 Å². The molecule has 1 aliphatic rings. The Morgan fingerprint density at radius 2 is 1.88 bits per heavy atom. The molecule has 1 amide bonds. The zero-order valence-electron chi connectivity index (χ0n) is 15.7. The van der Waals surface area contributed by atoms with Crippen molar-refractivity contribution < 1.29 is 14.3 Å².